The molecule has 0 spiro atoms. The molecule has 0 saturated carbocycles. The number of aromatic nitrogens is 2. The maximum Gasteiger partial charge on any atom is 0.226 e. The molecule has 1 N–H and O–H groups in total. The Bertz CT molecular complexity index is 699. The Hall–Kier alpha value is -2.37. The molecule has 1 fully saturated rings. The van der Waals surface area contributed by atoms with E-state index in [1.807, 2.05) is 19.9 Å². The predicted octanol–water partition coefficient (Wildman–Crippen LogP) is 3.16. The summed E-state index contributed by atoms with van der Waals surface area (Å²) in [6.07, 6.45) is 2.99. The molecular weight excluding hydrogens is 328 g/mol. The number of nitrogens with zero attached hydrogens (tertiary/aromatic N) is 3. The summed E-state index contributed by atoms with van der Waals surface area (Å²) < 4.78 is 5.20. The summed E-state index contributed by atoms with van der Waals surface area (Å²) in [6.45, 7) is 6.87. The molecule has 2 heterocycles. The normalized spacial score (nSPS) is 17.0. The molecule has 26 heavy (non-hydrogen) atoms. The van der Waals surface area contributed by atoms with Gasteiger partial charge in [0.2, 0.25) is 11.8 Å². The minimum atomic E-state index is 0.103. The number of amides is 1. The summed E-state index contributed by atoms with van der Waals surface area (Å²) in [5.74, 6) is 2.23. The van der Waals surface area contributed by atoms with Gasteiger partial charge in [-0.2, -0.15) is 4.98 Å². The van der Waals surface area contributed by atoms with Crippen LogP contribution in [0.5, 0.6) is 0 Å². The topological polar surface area (TPSA) is 71.3 Å². The van der Waals surface area contributed by atoms with Gasteiger partial charge in [-0.3, -0.25) is 4.79 Å². The number of rotatable bonds is 8. The lowest BCUT2D eigenvalue weighted by atomic mass is 10.1. The van der Waals surface area contributed by atoms with Crippen molar-refractivity contribution in [3.8, 4) is 0 Å². The number of anilines is 1. The molecule has 1 saturated heterocycles. The first-order chi connectivity index (χ1) is 12.6. The molecule has 1 unspecified atom stereocenters. The van der Waals surface area contributed by atoms with E-state index in [2.05, 4.69) is 44.6 Å². The van der Waals surface area contributed by atoms with Crippen molar-refractivity contribution in [1.29, 1.82) is 0 Å². The number of hydrogen-bond acceptors (Lipinski definition) is 5. The maximum absolute atomic E-state index is 12.1. The van der Waals surface area contributed by atoms with E-state index in [9.17, 15) is 4.79 Å². The first-order valence-corrected chi connectivity index (χ1v) is 9.51. The van der Waals surface area contributed by atoms with Crippen molar-refractivity contribution in [3.05, 3.63) is 42.0 Å². The van der Waals surface area contributed by atoms with Crippen LogP contribution in [0.15, 0.2) is 34.9 Å². The number of carbonyl (C=O) groups is 1. The van der Waals surface area contributed by atoms with Crippen molar-refractivity contribution < 1.29 is 9.32 Å². The van der Waals surface area contributed by atoms with Crippen LogP contribution in [0, 0.1) is 5.92 Å². The van der Waals surface area contributed by atoms with Gasteiger partial charge in [0.15, 0.2) is 5.82 Å². The number of carbonyl (C=O) groups excluding carboxylic acids is 1. The summed E-state index contributed by atoms with van der Waals surface area (Å²) in [6, 6.07) is 10.5. The summed E-state index contributed by atoms with van der Waals surface area (Å²) in [5.41, 5.74) is 1.27. The number of para-hydroxylation sites is 1. The van der Waals surface area contributed by atoms with Gasteiger partial charge in [0.05, 0.1) is 0 Å². The third-order valence-corrected chi connectivity index (χ3v) is 4.79. The summed E-state index contributed by atoms with van der Waals surface area (Å²) in [7, 11) is 0. The van der Waals surface area contributed by atoms with Gasteiger partial charge in [0.1, 0.15) is 0 Å². The van der Waals surface area contributed by atoms with Crippen molar-refractivity contribution in [2.45, 2.75) is 45.4 Å². The molecule has 0 bridgehead atoms. The maximum atomic E-state index is 12.1. The van der Waals surface area contributed by atoms with Gasteiger partial charge < -0.3 is 14.7 Å². The van der Waals surface area contributed by atoms with E-state index >= 15 is 0 Å². The largest absolute Gasteiger partial charge is 0.371 e. The van der Waals surface area contributed by atoms with Crippen LogP contribution >= 0.6 is 0 Å². The average molecular weight is 356 g/mol. The van der Waals surface area contributed by atoms with E-state index in [1.165, 1.54) is 5.69 Å². The number of benzene rings is 1. The van der Waals surface area contributed by atoms with E-state index < -0.39 is 0 Å². The minimum Gasteiger partial charge on any atom is -0.371 e. The third-order valence-electron chi connectivity index (χ3n) is 4.79. The zero-order valence-electron chi connectivity index (χ0n) is 15.6. The zero-order valence-corrected chi connectivity index (χ0v) is 15.6. The van der Waals surface area contributed by atoms with Crippen LogP contribution in [0.25, 0.3) is 0 Å². The van der Waals surface area contributed by atoms with E-state index in [-0.39, 0.29) is 11.8 Å². The first-order valence-electron chi connectivity index (χ1n) is 9.51. The Morgan fingerprint density at radius 2 is 2.15 bits per heavy atom. The second-order valence-corrected chi connectivity index (χ2v) is 7.29. The smallest absolute Gasteiger partial charge is 0.226 e. The molecule has 1 aliphatic heterocycles. The molecule has 6 nitrogen and oxygen atoms in total. The lowest BCUT2D eigenvalue weighted by Gasteiger charge is -2.18. The van der Waals surface area contributed by atoms with Crippen molar-refractivity contribution in [2.24, 2.45) is 5.92 Å². The quantitative estimate of drug-likeness (QED) is 0.787. The van der Waals surface area contributed by atoms with Crippen LogP contribution in [-0.2, 0) is 11.2 Å². The highest BCUT2D eigenvalue weighted by Crippen LogP contribution is 2.23. The van der Waals surface area contributed by atoms with E-state index in [4.69, 9.17) is 4.52 Å². The molecule has 1 aliphatic rings. The number of nitrogens with one attached hydrogen (secondary N) is 1. The monoisotopic (exact) mass is 356 g/mol. The molecule has 3 rings (SSSR count). The highest BCUT2D eigenvalue weighted by Gasteiger charge is 2.22. The summed E-state index contributed by atoms with van der Waals surface area (Å²) >= 11 is 0. The standard InChI is InChI=1S/C20H28N4O2/c1-15(2)20-22-19(26-23-20)10-6-9-18(25)21-13-16-11-12-24(14-16)17-7-4-3-5-8-17/h3-5,7-8,15-16H,6,9-14H2,1-2H3,(H,21,25). The summed E-state index contributed by atoms with van der Waals surface area (Å²) in [4.78, 5) is 18.8. The van der Waals surface area contributed by atoms with Crippen LogP contribution in [0.3, 0.4) is 0 Å². The van der Waals surface area contributed by atoms with E-state index in [1.54, 1.807) is 0 Å². The second kappa shape index (κ2) is 8.83. The van der Waals surface area contributed by atoms with Crippen LogP contribution < -0.4 is 10.2 Å². The average Bonchev–Trinajstić information content (AvgIpc) is 3.30. The van der Waals surface area contributed by atoms with E-state index in [0.717, 1.165) is 38.3 Å². The Labute approximate surface area is 155 Å². The highest BCUT2D eigenvalue weighted by molar-refractivity contribution is 5.75. The lowest BCUT2D eigenvalue weighted by Crippen LogP contribution is -2.30. The van der Waals surface area contributed by atoms with Gasteiger partial charge >= 0.3 is 0 Å². The molecule has 6 heteroatoms. The van der Waals surface area contributed by atoms with Gasteiger partial charge in [-0.05, 0) is 30.9 Å². The Morgan fingerprint density at radius 1 is 1.35 bits per heavy atom. The van der Waals surface area contributed by atoms with Gasteiger partial charge in [-0.15, -0.1) is 0 Å². The van der Waals surface area contributed by atoms with Crippen LogP contribution in [0.4, 0.5) is 5.69 Å². The molecule has 1 atom stereocenters. The molecule has 0 radical (unpaired) electrons. The van der Waals surface area contributed by atoms with Crippen molar-refractivity contribution in [1.82, 2.24) is 15.5 Å². The van der Waals surface area contributed by atoms with Gasteiger partial charge in [-0.1, -0.05) is 37.2 Å². The Kier molecular flexibility index (Phi) is 6.26. The molecule has 1 amide bonds. The molecule has 1 aromatic carbocycles. The van der Waals surface area contributed by atoms with Crippen LogP contribution in [0.1, 0.15) is 50.7 Å². The predicted molar refractivity (Wildman–Crippen MR) is 101 cm³/mol. The third kappa shape index (κ3) is 5.07. The molecule has 1 aromatic heterocycles. The minimum absolute atomic E-state index is 0.103. The van der Waals surface area contributed by atoms with Gasteiger partial charge in [-0.25, -0.2) is 0 Å². The Balaban J connectivity index is 1.33. The highest BCUT2D eigenvalue weighted by atomic mass is 16.5. The van der Waals surface area contributed by atoms with Crippen molar-refractivity contribution >= 4 is 11.6 Å². The fourth-order valence-corrected chi connectivity index (χ4v) is 3.22. The van der Waals surface area contributed by atoms with Crippen LogP contribution in [-0.4, -0.2) is 35.7 Å². The molecule has 0 aliphatic carbocycles. The molecular formula is C20H28N4O2. The van der Waals surface area contributed by atoms with Crippen molar-refractivity contribution in [3.63, 3.8) is 0 Å². The molecule has 140 valence electrons. The summed E-state index contributed by atoms with van der Waals surface area (Å²) in [5, 5.41) is 7.02. The number of hydrogen-bond donors (Lipinski definition) is 1. The fourth-order valence-electron chi connectivity index (χ4n) is 3.22. The second-order valence-electron chi connectivity index (χ2n) is 7.29. The fraction of sp³-hybridized carbons (Fsp3) is 0.550. The SMILES string of the molecule is CC(C)c1noc(CCCC(=O)NCC2CCN(c3ccccc3)C2)n1. The Morgan fingerprint density at radius 3 is 2.88 bits per heavy atom. The lowest BCUT2D eigenvalue weighted by molar-refractivity contribution is -0.121. The van der Waals surface area contributed by atoms with E-state index in [0.29, 0.717) is 24.7 Å². The number of aryl methyl sites for hydroxylation is 1. The van der Waals surface area contributed by atoms with Gasteiger partial charge in [0, 0.05) is 44.1 Å². The zero-order chi connectivity index (χ0) is 18.4. The van der Waals surface area contributed by atoms with Crippen LogP contribution in [0.2, 0.25) is 0 Å². The first kappa shape index (κ1) is 18.4. The molecule has 2 aromatic rings. The van der Waals surface area contributed by atoms with Crippen molar-refractivity contribution in [2.75, 3.05) is 24.5 Å². The van der Waals surface area contributed by atoms with Gasteiger partial charge in [0.25, 0.3) is 0 Å².